The number of aliphatic hydroxyl groups excluding tert-OH is 2. The van der Waals surface area contributed by atoms with Gasteiger partial charge in [0.1, 0.15) is 41.9 Å². The van der Waals surface area contributed by atoms with Crippen molar-refractivity contribution in [3.05, 3.63) is 12.3 Å². The maximum Gasteiger partial charge on any atom is 0.303 e. The number of rotatable bonds is 2. The zero-order chi connectivity index (χ0) is 32.7. The molecule has 1 spiro atoms. The molecule has 0 aromatic heterocycles. The first kappa shape index (κ1) is 30.3. The number of ketones is 1. The normalized spacial score (nSPS) is 63.0. The Morgan fingerprint density at radius 2 is 1.53 bits per heavy atom. The SMILES string of the molecule is C=C1O[C@]23O[C@H]2[C@@H](C)[C@H]2[C@@H]([C@H](O)[C@H]4C5C([C@H](C)[C@H](OC(C)=O)[C@]24C)[C@]2(C)[C@H](C[C@@H]4O[C@@H]4[C@@H]2OC(C)=O)C(=O)[C@@H]5O)[C@@]3(C)[C@]1(C)O. The number of esters is 2. The zero-order valence-electron chi connectivity index (χ0n) is 27.2. The fraction of sp³-hybridized carbons (Fsp3) is 0.853. The molecule has 8 fully saturated rings. The van der Waals surface area contributed by atoms with Gasteiger partial charge in [0.15, 0.2) is 5.78 Å². The Morgan fingerprint density at radius 3 is 2.16 bits per heavy atom. The van der Waals surface area contributed by atoms with E-state index >= 15 is 0 Å². The Labute approximate surface area is 262 Å². The van der Waals surface area contributed by atoms with Crippen LogP contribution in [-0.4, -0.2) is 87.2 Å². The van der Waals surface area contributed by atoms with Crippen molar-refractivity contribution in [3.8, 4) is 0 Å². The second kappa shape index (κ2) is 8.50. The minimum absolute atomic E-state index is 0.170. The molecule has 2 unspecified atom stereocenters. The van der Waals surface area contributed by atoms with Crippen LogP contribution in [0.5, 0.6) is 0 Å². The quantitative estimate of drug-likeness (QED) is 0.301. The average Bonchev–Trinajstić information content (AvgIpc) is 3.84. The lowest BCUT2D eigenvalue weighted by molar-refractivity contribution is -0.252. The summed E-state index contributed by atoms with van der Waals surface area (Å²) in [5.41, 5.74) is -4.62. The van der Waals surface area contributed by atoms with E-state index in [1.165, 1.54) is 13.8 Å². The molecule has 5 aliphatic carbocycles. The highest BCUT2D eigenvalue weighted by Crippen LogP contribution is 2.81. The molecule has 20 atom stereocenters. The van der Waals surface area contributed by atoms with E-state index in [9.17, 15) is 29.7 Å². The molecule has 11 nitrogen and oxygen atoms in total. The summed E-state index contributed by atoms with van der Waals surface area (Å²) in [5, 5.41) is 36.9. The van der Waals surface area contributed by atoms with Gasteiger partial charge in [-0.3, -0.25) is 14.4 Å². The fourth-order valence-electron chi connectivity index (χ4n) is 13.3. The van der Waals surface area contributed by atoms with E-state index in [4.69, 9.17) is 23.7 Å². The molecule has 45 heavy (non-hydrogen) atoms. The minimum Gasteiger partial charge on any atom is -0.462 e. The predicted molar refractivity (Wildman–Crippen MR) is 153 cm³/mol. The molecule has 248 valence electrons. The highest BCUT2D eigenvalue weighted by atomic mass is 16.8. The van der Waals surface area contributed by atoms with Crippen molar-refractivity contribution >= 4 is 17.7 Å². The van der Waals surface area contributed by atoms with Gasteiger partial charge in [-0.15, -0.1) is 0 Å². The summed E-state index contributed by atoms with van der Waals surface area (Å²) in [7, 11) is 0. The molecule has 0 amide bonds. The van der Waals surface area contributed by atoms with Gasteiger partial charge in [-0.1, -0.05) is 34.3 Å². The molecule has 0 bridgehead atoms. The Balaban J connectivity index is 1.34. The number of ether oxygens (including phenoxy) is 5. The Bertz CT molecular complexity index is 1430. The van der Waals surface area contributed by atoms with Crippen LogP contribution in [0.2, 0.25) is 0 Å². The Morgan fingerprint density at radius 1 is 0.911 bits per heavy atom. The van der Waals surface area contributed by atoms with Crippen molar-refractivity contribution < 1.29 is 53.4 Å². The van der Waals surface area contributed by atoms with Crippen molar-refractivity contribution in [1.82, 2.24) is 0 Å². The Hall–Kier alpha value is -2.05. The summed E-state index contributed by atoms with van der Waals surface area (Å²) in [6.45, 7) is 18.3. The number of hydrogen-bond donors (Lipinski definition) is 3. The predicted octanol–water partition coefficient (Wildman–Crippen LogP) is 1.74. The molecule has 0 aromatic rings. The van der Waals surface area contributed by atoms with Gasteiger partial charge >= 0.3 is 11.9 Å². The van der Waals surface area contributed by atoms with Gasteiger partial charge < -0.3 is 39.0 Å². The molecule has 8 rings (SSSR count). The zero-order valence-corrected chi connectivity index (χ0v) is 27.2. The van der Waals surface area contributed by atoms with E-state index in [1.807, 2.05) is 34.6 Å². The molecule has 3 heterocycles. The highest BCUT2D eigenvalue weighted by Gasteiger charge is 2.91. The maximum atomic E-state index is 14.3. The largest absolute Gasteiger partial charge is 0.462 e. The van der Waals surface area contributed by atoms with Crippen LogP contribution in [0.15, 0.2) is 12.3 Å². The van der Waals surface area contributed by atoms with Crippen LogP contribution in [0.25, 0.3) is 0 Å². The lowest BCUT2D eigenvalue weighted by atomic mass is 9.39. The number of epoxide rings is 2. The topological polar surface area (TPSA) is 165 Å². The third-order valence-corrected chi connectivity index (χ3v) is 15.0. The van der Waals surface area contributed by atoms with E-state index in [0.29, 0.717) is 6.42 Å². The average molecular weight is 631 g/mol. The van der Waals surface area contributed by atoms with Crippen LogP contribution >= 0.6 is 0 Å². The van der Waals surface area contributed by atoms with Gasteiger partial charge in [0.05, 0.1) is 17.6 Å². The molecule has 3 saturated heterocycles. The second-order valence-electron chi connectivity index (χ2n) is 16.5. The number of carbonyl (C=O) groups is 3. The number of aliphatic hydroxyl groups is 3. The van der Waals surface area contributed by atoms with Crippen molar-refractivity contribution in [2.45, 2.75) is 116 Å². The molecule has 11 heteroatoms. The summed E-state index contributed by atoms with van der Waals surface area (Å²) in [6, 6.07) is 0. The summed E-state index contributed by atoms with van der Waals surface area (Å²) in [6.07, 6.45) is -4.64. The molecule has 3 N–H and O–H groups in total. The van der Waals surface area contributed by atoms with Gasteiger partial charge in [-0.2, -0.15) is 0 Å². The van der Waals surface area contributed by atoms with Gasteiger partial charge in [0.25, 0.3) is 0 Å². The van der Waals surface area contributed by atoms with Gasteiger partial charge in [0.2, 0.25) is 5.79 Å². The first-order valence-corrected chi connectivity index (χ1v) is 16.5. The van der Waals surface area contributed by atoms with Crippen molar-refractivity contribution in [3.63, 3.8) is 0 Å². The first-order chi connectivity index (χ1) is 20.8. The third-order valence-electron chi connectivity index (χ3n) is 15.0. The molecule has 3 aliphatic heterocycles. The van der Waals surface area contributed by atoms with E-state index < -0.39 is 106 Å². The van der Waals surface area contributed by atoms with Crippen LogP contribution in [0.1, 0.15) is 61.8 Å². The van der Waals surface area contributed by atoms with Crippen molar-refractivity contribution in [2.24, 2.45) is 63.6 Å². The number of fused-ring (bicyclic) bond motifs is 9. The molecule has 8 aliphatic rings. The first-order valence-electron chi connectivity index (χ1n) is 16.5. The number of hydrogen-bond acceptors (Lipinski definition) is 11. The van der Waals surface area contributed by atoms with Crippen LogP contribution < -0.4 is 0 Å². The fourth-order valence-corrected chi connectivity index (χ4v) is 13.3. The lowest BCUT2D eigenvalue weighted by Crippen LogP contribution is -2.72. The summed E-state index contributed by atoms with van der Waals surface area (Å²) in [5.74, 6) is -6.49. The number of carbonyl (C=O) groups excluding carboxylic acids is 3. The standard InChI is InChI=1S/C34H46O11/c1-11-19-18(24(38)23(37)16-10-17-26(43-17)29(30(16,19)6)42-15(5)36)21-25(39)22-20(31(21,7)27(11)41-14(4)35)12(2)28-34(45-28)32(22,8)33(9,40)13(3)44-34/h11-12,16-22,24-29,38-40H,3,10H2,1-2,4-9H3/t11-,12-,16+,17-,18?,19?,20-,21+,22-,24+,25+,26-,27-,28-,29-,30-,31+,32-,33+,34-/m0/s1. The second-order valence-corrected chi connectivity index (χ2v) is 16.5. The smallest absolute Gasteiger partial charge is 0.303 e. The minimum atomic E-state index is -1.57. The summed E-state index contributed by atoms with van der Waals surface area (Å²) >= 11 is 0. The molecular weight excluding hydrogens is 584 g/mol. The molecule has 0 radical (unpaired) electrons. The van der Waals surface area contributed by atoms with Gasteiger partial charge in [0, 0.05) is 48.3 Å². The monoisotopic (exact) mass is 630 g/mol. The lowest BCUT2D eigenvalue weighted by Gasteiger charge is -2.65. The Kier molecular flexibility index (Phi) is 5.73. The molecule has 0 aromatic carbocycles. The van der Waals surface area contributed by atoms with Gasteiger partial charge in [-0.05, 0) is 43.9 Å². The highest BCUT2D eigenvalue weighted by molar-refractivity contribution is 5.88. The number of Topliss-reactive ketones (excluding diaryl/α,β-unsaturated/α-hetero) is 1. The van der Waals surface area contributed by atoms with Crippen molar-refractivity contribution in [1.29, 1.82) is 0 Å². The van der Waals surface area contributed by atoms with Crippen LogP contribution in [-0.2, 0) is 38.1 Å². The molecular formula is C34H46O11. The summed E-state index contributed by atoms with van der Waals surface area (Å²) in [4.78, 5) is 39.7. The van der Waals surface area contributed by atoms with Crippen molar-refractivity contribution in [2.75, 3.05) is 0 Å². The van der Waals surface area contributed by atoms with Crippen LogP contribution in [0.3, 0.4) is 0 Å². The van der Waals surface area contributed by atoms with Crippen LogP contribution in [0, 0.1) is 63.6 Å². The third kappa shape index (κ3) is 3.06. The van der Waals surface area contributed by atoms with E-state index in [1.54, 1.807) is 6.92 Å². The van der Waals surface area contributed by atoms with E-state index in [-0.39, 0.29) is 35.6 Å². The maximum absolute atomic E-state index is 14.3. The van der Waals surface area contributed by atoms with Gasteiger partial charge in [-0.25, -0.2) is 0 Å². The van der Waals surface area contributed by atoms with E-state index in [2.05, 4.69) is 6.58 Å². The van der Waals surface area contributed by atoms with E-state index in [0.717, 1.165) is 0 Å². The van der Waals surface area contributed by atoms with Crippen LogP contribution in [0.4, 0.5) is 0 Å². The summed E-state index contributed by atoms with van der Waals surface area (Å²) < 4.78 is 30.8. The molecule has 5 saturated carbocycles.